The Morgan fingerprint density at radius 3 is 2.41 bits per heavy atom. The van der Waals surface area contributed by atoms with Crippen LogP contribution in [0, 0.1) is 0 Å². The minimum atomic E-state index is -3.41. The fraction of sp³-hybridized carbons (Fsp3) is 0.364. The molecule has 0 saturated heterocycles. The quantitative estimate of drug-likeness (QED) is 0.578. The van der Waals surface area contributed by atoms with E-state index < -0.39 is 13.6 Å². The first-order valence-corrected chi connectivity index (χ1v) is 6.72. The van der Waals surface area contributed by atoms with Crippen LogP contribution in [0.4, 0.5) is 0 Å². The normalized spacial score (nSPS) is 14.0. The van der Waals surface area contributed by atoms with Gasteiger partial charge in [0.2, 0.25) is 0 Å². The summed E-state index contributed by atoms with van der Waals surface area (Å²) in [4.78, 5) is 11.0. The van der Waals surface area contributed by atoms with Crippen molar-refractivity contribution in [3.63, 3.8) is 0 Å². The Morgan fingerprint density at radius 1 is 1.24 bits per heavy atom. The Kier molecular flexibility index (Phi) is 5.35. The number of hydrogen-bond donors (Lipinski definition) is 0. The highest BCUT2D eigenvalue weighted by Crippen LogP contribution is 2.47. The number of methoxy groups -OCH3 is 1. The van der Waals surface area contributed by atoms with Gasteiger partial charge in [0.15, 0.2) is 0 Å². The van der Waals surface area contributed by atoms with Crippen molar-refractivity contribution >= 4 is 13.6 Å². The smallest absolute Gasteiger partial charge is 0.341 e. The Labute approximate surface area is 100 Å². The summed E-state index contributed by atoms with van der Waals surface area (Å²) in [6, 6.07) is 9.22. The van der Waals surface area contributed by atoms with Gasteiger partial charge in [0.25, 0.3) is 0 Å². The van der Waals surface area contributed by atoms with E-state index in [1.165, 1.54) is 14.2 Å². The molecule has 0 fully saturated rings. The fourth-order valence-electron chi connectivity index (χ4n) is 1.13. The lowest BCUT2D eigenvalue weighted by Gasteiger charge is -2.15. The van der Waals surface area contributed by atoms with Crippen LogP contribution in [0.3, 0.4) is 0 Å². The van der Waals surface area contributed by atoms with Crippen LogP contribution in [0.2, 0.25) is 0 Å². The molecule has 94 valence electrons. The van der Waals surface area contributed by atoms with Gasteiger partial charge in [-0.15, -0.1) is 0 Å². The zero-order valence-electron chi connectivity index (χ0n) is 9.79. The predicted octanol–water partition coefficient (Wildman–Crippen LogP) is 2.22. The van der Waals surface area contributed by atoms with Crippen molar-refractivity contribution in [2.75, 3.05) is 20.4 Å². The zero-order valence-corrected chi connectivity index (χ0v) is 10.7. The molecule has 0 amide bonds. The third-order valence-corrected chi connectivity index (χ3v) is 3.82. The first kappa shape index (κ1) is 13.9. The first-order valence-electron chi connectivity index (χ1n) is 5.00. The van der Waals surface area contributed by atoms with Gasteiger partial charge < -0.3 is 13.8 Å². The van der Waals surface area contributed by atoms with Gasteiger partial charge in [-0.25, -0.2) is 0 Å². The third-order valence-electron chi connectivity index (χ3n) is 2.10. The van der Waals surface area contributed by atoms with Crippen LogP contribution in [-0.2, 0) is 29.8 Å². The van der Waals surface area contributed by atoms with Gasteiger partial charge in [-0.1, -0.05) is 30.3 Å². The highest BCUT2D eigenvalue weighted by atomic mass is 31.2. The van der Waals surface area contributed by atoms with Gasteiger partial charge in [-0.05, 0) is 5.56 Å². The maximum Gasteiger partial charge on any atom is 0.341 e. The van der Waals surface area contributed by atoms with Crippen molar-refractivity contribution in [3.8, 4) is 0 Å². The SMILES string of the molecule is COC(=O)C[P@@](=O)(OC)OCc1ccccc1. The first-order chi connectivity index (χ1) is 8.09. The van der Waals surface area contributed by atoms with Crippen LogP contribution in [0.25, 0.3) is 0 Å². The highest BCUT2D eigenvalue weighted by molar-refractivity contribution is 7.54. The minimum Gasteiger partial charge on any atom is -0.469 e. The summed E-state index contributed by atoms with van der Waals surface area (Å²) in [5.41, 5.74) is 0.856. The molecule has 0 unspecified atom stereocenters. The molecule has 0 aliphatic rings. The standard InChI is InChI=1S/C11H15O5P/c1-14-11(12)9-17(13,15-2)16-8-10-6-4-3-5-7-10/h3-7H,8-9H2,1-2H3/t17-/m1/s1. The Hall–Kier alpha value is -1.16. The number of hydrogen-bond acceptors (Lipinski definition) is 5. The molecule has 6 heteroatoms. The van der Waals surface area contributed by atoms with E-state index in [0.29, 0.717) is 0 Å². The van der Waals surface area contributed by atoms with Crippen molar-refractivity contribution < 1.29 is 23.1 Å². The number of rotatable bonds is 6. The molecule has 0 spiro atoms. The molecule has 0 saturated carbocycles. The monoisotopic (exact) mass is 258 g/mol. The van der Waals surface area contributed by atoms with E-state index in [1.54, 1.807) is 0 Å². The van der Waals surface area contributed by atoms with Crippen LogP contribution < -0.4 is 0 Å². The van der Waals surface area contributed by atoms with Gasteiger partial charge in [0.1, 0.15) is 6.16 Å². The van der Waals surface area contributed by atoms with E-state index in [9.17, 15) is 9.36 Å². The third kappa shape index (κ3) is 4.69. The molecule has 0 bridgehead atoms. The average molecular weight is 258 g/mol. The van der Waals surface area contributed by atoms with Crippen molar-refractivity contribution in [3.05, 3.63) is 35.9 Å². The molecule has 1 aromatic carbocycles. The molecule has 0 aromatic heterocycles. The molecule has 0 aliphatic carbocycles. The summed E-state index contributed by atoms with van der Waals surface area (Å²) < 4.78 is 26.3. The molecular formula is C11H15O5P. The van der Waals surface area contributed by atoms with Gasteiger partial charge in [-0.2, -0.15) is 0 Å². The second-order valence-corrected chi connectivity index (χ2v) is 5.45. The van der Waals surface area contributed by atoms with Crippen LogP contribution in [0.5, 0.6) is 0 Å². The Morgan fingerprint density at radius 2 is 1.88 bits per heavy atom. The van der Waals surface area contributed by atoms with Crippen molar-refractivity contribution in [1.82, 2.24) is 0 Å². The number of carbonyl (C=O) groups excluding carboxylic acids is 1. The van der Waals surface area contributed by atoms with Gasteiger partial charge >= 0.3 is 13.6 Å². The molecule has 0 radical (unpaired) electrons. The molecule has 0 aliphatic heterocycles. The maximum absolute atomic E-state index is 12.0. The molecule has 5 nitrogen and oxygen atoms in total. The summed E-state index contributed by atoms with van der Waals surface area (Å²) in [6.45, 7) is 0.128. The molecule has 0 heterocycles. The van der Waals surface area contributed by atoms with Crippen LogP contribution in [0.15, 0.2) is 30.3 Å². The summed E-state index contributed by atoms with van der Waals surface area (Å²) in [6.07, 6.45) is -0.382. The van der Waals surface area contributed by atoms with Crippen molar-refractivity contribution in [1.29, 1.82) is 0 Å². The van der Waals surface area contributed by atoms with Crippen LogP contribution in [0.1, 0.15) is 5.56 Å². The summed E-state index contributed by atoms with van der Waals surface area (Å²) >= 11 is 0. The van der Waals surface area contributed by atoms with E-state index in [-0.39, 0.29) is 12.8 Å². The Bertz CT molecular complexity index is 404. The van der Waals surface area contributed by atoms with E-state index >= 15 is 0 Å². The highest BCUT2D eigenvalue weighted by Gasteiger charge is 2.27. The van der Waals surface area contributed by atoms with Crippen molar-refractivity contribution in [2.24, 2.45) is 0 Å². The predicted molar refractivity (Wildman–Crippen MR) is 62.7 cm³/mol. The molecule has 1 atom stereocenters. The summed E-state index contributed by atoms with van der Waals surface area (Å²) in [7, 11) is -0.946. The lowest BCUT2D eigenvalue weighted by Crippen LogP contribution is -2.10. The van der Waals surface area contributed by atoms with Crippen molar-refractivity contribution in [2.45, 2.75) is 6.61 Å². The minimum absolute atomic E-state index is 0.128. The average Bonchev–Trinajstić information content (AvgIpc) is 2.37. The van der Waals surface area contributed by atoms with E-state index in [1.807, 2.05) is 30.3 Å². The summed E-state index contributed by atoms with van der Waals surface area (Å²) in [5, 5.41) is 0. The van der Waals surface area contributed by atoms with Gasteiger partial charge in [0, 0.05) is 7.11 Å². The molecule has 1 rings (SSSR count). The van der Waals surface area contributed by atoms with Gasteiger partial charge in [0.05, 0.1) is 13.7 Å². The van der Waals surface area contributed by atoms with Crippen LogP contribution in [-0.4, -0.2) is 26.4 Å². The molecular weight excluding hydrogens is 243 g/mol. The largest absolute Gasteiger partial charge is 0.469 e. The molecule has 1 aromatic rings. The number of ether oxygens (including phenoxy) is 1. The van der Waals surface area contributed by atoms with E-state index in [4.69, 9.17) is 9.05 Å². The van der Waals surface area contributed by atoms with E-state index in [2.05, 4.69) is 4.74 Å². The number of carbonyl (C=O) groups is 1. The second kappa shape index (κ2) is 6.55. The Balaban J connectivity index is 2.58. The second-order valence-electron chi connectivity index (χ2n) is 3.29. The fourth-order valence-corrected chi connectivity index (χ4v) is 2.25. The zero-order chi connectivity index (χ0) is 12.7. The van der Waals surface area contributed by atoms with Crippen LogP contribution >= 0.6 is 7.60 Å². The lowest BCUT2D eigenvalue weighted by molar-refractivity contribution is -0.137. The molecule has 0 N–H and O–H groups in total. The number of benzene rings is 1. The maximum atomic E-state index is 12.0. The van der Waals surface area contributed by atoms with E-state index in [0.717, 1.165) is 5.56 Å². The van der Waals surface area contributed by atoms with Gasteiger partial charge in [-0.3, -0.25) is 9.36 Å². The number of esters is 1. The summed E-state index contributed by atoms with van der Waals surface area (Å²) in [5.74, 6) is -0.622. The molecule has 17 heavy (non-hydrogen) atoms. The topological polar surface area (TPSA) is 61.8 Å². The lowest BCUT2D eigenvalue weighted by atomic mass is 10.2.